The summed E-state index contributed by atoms with van der Waals surface area (Å²) in [5, 5.41) is 0.570. The Hall–Kier alpha value is -0.640. The minimum atomic E-state index is -0.200. The summed E-state index contributed by atoms with van der Waals surface area (Å²) >= 11 is 5.90. The van der Waals surface area contributed by atoms with E-state index in [9.17, 15) is 4.39 Å². The molecule has 1 heterocycles. The molecule has 0 aromatic heterocycles. The third-order valence-corrected chi connectivity index (χ3v) is 3.79. The number of rotatable bonds is 3. The van der Waals surface area contributed by atoms with Gasteiger partial charge in [-0.1, -0.05) is 11.6 Å². The van der Waals surface area contributed by atoms with E-state index in [0.717, 1.165) is 12.8 Å². The molecule has 1 fully saturated rings. The molecule has 17 heavy (non-hydrogen) atoms. The Bertz CT molecular complexity index is 391. The van der Waals surface area contributed by atoms with E-state index in [-0.39, 0.29) is 11.2 Å². The first-order chi connectivity index (χ1) is 8.15. The van der Waals surface area contributed by atoms with Crippen molar-refractivity contribution in [2.75, 3.05) is 19.8 Å². The van der Waals surface area contributed by atoms with E-state index in [1.54, 1.807) is 12.1 Å². The standard InChI is InChI=1S/C13H17ClFNO/c14-11-1-2-12(15)10(7-11)8-13(9-16)3-5-17-6-4-13/h1-2,7H,3-6,8-9,16H2. The average Bonchev–Trinajstić information content (AvgIpc) is 2.35. The molecule has 94 valence electrons. The Morgan fingerprint density at radius 1 is 1.35 bits per heavy atom. The summed E-state index contributed by atoms with van der Waals surface area (Å²) in [5.41, 5.74) is 6.48. The minimum Gasteiger partial charge on any atom is -0.381 e. The maximum atomic E-state index is 13.7. The van der Waals surface area contributed by atoms with Gasteiger partial charge in [-0.2, -0.15) is 0 Å². The van der Waals surface area contributed by atoms with Crippen LogP contribution in [0.1, 0.15) is 18.4 Å². The van der Waals surface area contributed by atoms with E-state index in [4.69, 9.17) is 22.1 Å². The van der Waals surface area contributed by atoms with Crippen LogP contribution in [0.3, 0.4) is 0 Å². The van der Waals surface area contributed by atoms with Crippen molar-refractivity contribution >= 4 is 11.6 Å². The largest absolute Gasteiger partial charge is 0.381 e. The van der Waals surface area contributed by atoms with Gasteiger partial charge in [-0.3, -0.25) is 0 Å². The number of benzene rings is 1. The third-order valence-electron chi connectivity index (χ3n) is 3.56. The summed E-state index contributed by atoms with van der Waals surface area (Å²) in [5.74, 6) is -0.200. The molecule has 1 saturated heterocycles. The molecule has 0 saturated carbocycles. The Labute approximate surface area is 106 Å². The van der Waals surface area contributed by atoms with E-state index >= 15 is 0 Å². The topological polar surface area (TPSA) is 35.2 Å². The monoisotopic (exact) mass is 257 g/mol. The smallest absolute Gasteiger partial charge is 0.126 e. The highest BCUT2D eigenvalue weighted by Gasteiger charge is 2.32. The fourth-order valence-electron chi connectivity index (χ4n) is 2.34. The molecule has 0 bridgehead atoms. The quantitative estimate of drug-likeness (QED) is 0.904. The zero-order chi connectivity index (χ0) is 12.3. The Morgan fingerprint density at radius 3 is 2.71 bits per heavy atom. The van der Waals surface area contributed by atoms with Crippen molar-refractivity contribution < 1.29 is 9.13 Å². The molecule has 1 aromatic carbocycles. The fraction of sp³-hybridized carbons (Fsp3) is 0.538. The average molecular weight is 258 g/mol. The third kappa shape index (κ3) is 2.97. The van der Waals surface area contributed by atoms with Gasteiger partial charge in [0.2, 0.25) is 0 Å². The predicted octanol–water partition coefficient (Wildman–Crippen LogP) is 2.78. The lowest BCUT2D eigenvalue weighted by Gasteiger charge is -2.36. The van der Waals surface area contributed by atoms with Gasteiger partial charge in [0.15, 0.2) is 0 Å². The molecule has 0 unspecified atom stereocenters. The van der Waals surface area contributed by atoms with Crippen molar-refractivity contribution in [3.8, 4) is 0 Å². The zero-order valence-electron chi connectivity index (χ0n) is 9.72. The molecular formula is C13H17ClFNO. The van der Waals surface area contributed by atoms with Crippen LogP contribution in [0.4, 0.5) is 4.39 Å². The van der Waals surface area contributed by atoms with Crippen LogP contribution in [-0.2, 0) is 11.2 Å². The van der Waals surface area contributed by atoms with Gasteiger partial charge in [0, 0.05) is 18.2 Å². The van der Waals surface area contributed by atoms with Crippen LogP contribution in [0, 0.1) is 11.2 Å². The Morgan fingerprint density at radius 2 is 2.06 bits per heavy atom. The van der Waals surface area contributed by atoms with Crippen LogP contribution in [0.5, 0.6) is 0 Å². The maximum Gasteiger partial charge on any atom is 0.126 e. The van der Waals surface area contributed by atoms with Gasteiger partial charge in [-0.05, 0) is 55.0 Å². The molecule has 1 aliphatic rings. The second-order valence-corrected chi connectivity index (χ2v) is 5.17. The van der Waals surface area contributed by atoms with Gasteiger partial charge in [0.25, 0.3) is 0 Å². The Balaban J connectivity index is 2.20. The van der Waals surface area contributed by atoms with Crippen molar-refractivity contribution in [2.24, 2.45) is 11.1 Å². The minimum absolute atomic E-state index is 0.0379. The summed E-state index contributed by atoms with van der Waals surface area (Å²) in [7, 11) is 0. The highest BCUT2D eigenvalue weighted by atomic mass is 35.5. The van der Waals surface area contributed by atoms with E-state index in [1.807, 2.05) is 0 Å². The maximum absolute atomic E-state index is 13.7. The van der Waals surface area contributed by atoms with Gasteiger partial charge in [0.05, 0.1) is 0 Å². The lowest BCUT2D eigenvalue weighted by atomic mass is 9.75. The molecule has 0 aliphatic carbocycles. The second kappa shape index (κ2) is 5.34. The first kappa shape index (κ1) is 12.8. The predicted molar refractivity (Wildman–Crippen MR) is 66.7 cm³/mol. The number of hydrogen-bond donors (Lipinski definition) is 1. The van der Waals surface area contributed by atoms with E-state index in [2.05, 4.69) is 0 Å². The van der Waals surface area contributed by atoms with Crippen molar-refractivity contribution in [3.63, 3.8) is 0 Å². The SMILES string of the molecule is NCC1(Cc2cc(Cl)ccc2F)CCOCC1. The summed E-state index contributed by atoms with van der Waals surface area (Å²) in [6.07, 6.45) is 2.41. The number of ether oxygens (including phenoxy) is 1. The Kier molecular flexibility index (Phi) is 4.02. The van der Waals surface area contributed by atoms with Gasteiger partial charge in [0.1, 0.15) is 5.82 Å². The van der Waals surface area contributed by atoms with Gasteiger partial charge in [-0.15, -0.1) is 0 Å². The molecule has 1 aromatic rings. The van der Waals surface area contributed by atoms with Crippen molar-refractivity contribution in [1.82, 2.24) is 0 Å². The lowest BCUT2D eigenvalue weighted by Crippen LogP contribution is -2.38. The highest BCUT2D eigenvalue weighted by Crippen LogP contribution is 2.34. The second-order valence-electron chi connectivity index (χ2n) is 4.73. The first-order valence-corrected chi connectivity index (χ1v) is 6.25. The summed E-state index contributed by atoms with van der Waals surface area (Å²) < 4.78 is 19.0. The zero-order valence-corrected chi connectivity index (χ0v) is 10.5. The summed E-state index contributed by atoms with van der Waals surface area (Å²) in [6, 6.07) is 4.68. The van der Waals surface area contributed by atoms with Crippen LogP contribution < -0.4 is 5.73 Å². The molecular weight excluding hydrogens is 241 g/mol. The molecule has 2 N–H and O–H groups in total. The number of nitrogens with two attached hydrogens (primary N) is 1. The first-order valence-electron chi connectivity index (χ1n) is 5.87. The van der Waals surface area contributed by atoms with Crippen molar-refractivity contribution in [2.45, 2.75) is 19.3 Å². The van der Waals surface area contributed by atoms with E-state index in [1.165, 1.54) is 6.07 Å². The van der Waals surface area contributed by atoms with Crippen LogP contribution in [0.15, 0.2) is 18.2 Å². The molecule has 0 atom stereocenters. The number of hydrogen-bond acceptors (Lipinski definition) is 2. The normalized spacial score (nSPS) is 19.2. The molecule has 0 radical (unpaired) electrons. The molecule has 0 amide bonds. The molecule has 4 heteroatoms. The van der Waals surface area contributed by atoms with E-state index in [0.29, 0.717) is 36.8 Å². The molecule has 2 nitrogen and oxygen atoms in total. The van der Waals surface area contributed by atoms with Gasteiger partial charge < -0.3 is 10.5 Å². The molecule has 0 spiro atoms. The van der Waals surface area contributed by atoms with Crippen LogP contribution in [0.25, 0.3) is 0 Å². The molecule has 2 rings (SSSR count). The summed E-state index contributed by atoms with van der Waals surface area (Å²) in [6.45, 7) is 1.97. The highest BCUT2D eigenvalue weighted by molar-refractivity contribution is 6.30. The van der Waals surface area contributed by atoms with Gasteiger partial charge >= 0.3 is 0 Å². The van der Waals surface area contributed by atoms with Crippen LogP contribution >= 0.6 is 11.6 Å². The number of halogens is 2. The van der Waals surface area contributed by atoms with Crippen LogP contribution in [-0.4, -0.2) is 19.8 Å². The van der Waals surface area contributed by atoms with Gasteiger partial charge in [-0.25, -0.2) is 4.39 Å². The fourth-order valence-corrected chi connectivity index (χ4v) is 2.53. The molecule has 1 aliphatic heterocycles. The van der Waals surface area contributed by atoms with Crippen LogP contribution in [0.2, 0.25) is 5.02 Å². The van der Waals surface area contributed by atoms with Crippen molar-refractivity contribution in [3.05, 3.63) is 34.6 Å². The summed E-state index contributed by atoms with van der Waals surface area (Å²) in [4.78, 5) is 0. The van der Waals surface area contributed by atoms with Crippen molar-refractivity contribution in [1.29, 1.82) is 0 Å². The van der Waals surface area contributed by atoms with E-state index < -0.39 is 0 Å². The lowest BCUT2D eigenvalue weighted by molar-refractivity contribution is 0.0187.